The zero-order valence-corrected chi connectivity index (χ0v) is 12.3. The van der Waals surface area contributed by atoms with Gasteiger partial charge in [-0.3, -0.25) is 4.72 Å². The molecule has 0 spiro atoms. The molecular formula is C12H17ClN2O3S. The van der Waals surface area contributed by atoms with Crippen LogP contribution in [0.3, 0.4) is 0 Å². The van der Waals surface area contributed by atoms with E-state index in [1.165, 1.54) is 0 Å². The summed E-state index contributed by atoms with van der Waals surface area (Å²) in [6.45, 7) is 4.53. The molecule has 0 aliphatic carbocycles. The van der Waals surface area contributed by atoms with Gasteiger partial charge < -0.3 is 9.64 Å². The average Bonchev–Trinajstić information content (AvgIpc) is 2.42. The standard InChI is InChI=1S/C12H17ClN2O3S/c1-2-19(16,17)14-12-9-10(3-4-11(12)13)15-5-7-18-8-6-15/h3-4,9,14H,2,5-8H2,1H3. The quantitative estimate of drug-likeness (QED) is 0.923. The highest BCUT2D eigenvalue weighted by Crippen LogP contribution is 2.28. The first-order valence-corrected chi connectivity index (χ1v) is 8.17. The number of halogens is 1. The average molecular weight is 305 g/mol. The van der Waals surface area contributed by atoms with E-state index in [0.29, 0.717) is 23.9 Å². The fourth-order valence-corrected chi connectivity index (χ4v) is 2.72. The van der Waals surface area contributed by atoms with Crippen molar-refractivity contribution in [2.45, 2.75) is 6.92 Å². The van der Waals surface area contributed by atoms with Crippen LogP contribution in [-0.2, 0) is 14.8 Å². The minimum Gasteiger partial charge on any atom is -0.378 e. The van der Waals surface area contributed by atoms with E-state index >= 15 is 0 Å². The number of hydrogen-bond donors (Lipinski definition) is 1. The summed E-state index contributed by atoms with van der Waals surface area (Å²) in [5.74, 6) is 0.0190. The molecule has 0 unspecified atom stereocenters. The Bertz CT molecular complexity index is 542. The molecule has 1 aliphatic rings. The summed E-state index contributed by atoms with van der Waals surface area (Å²) in [6.07, 6.45) is 0. The van der Waals surface area contributed by atoms with Gasteiger partial charge in [0, 0.05) is 18.8 Å². The molecule has 1 aromatic carbocycles. The van der Waals surface area contributed by atoms with E-state index < -0.39 is 10.0 Å². The molecule has 1 aromatic rings. The lowest BCUT2D eigenvalue weighted by atomic mass is 10.2. The number of nitrogens with one attached hydrogen (secondary N) is 1. The predicted molar refractivity (Wildman–Crippen MR) is 77.6 cm³/mol. The number of anilines is 2. The zero-order valence-electron chi connectivity index (χ0n) is 10.7. The molecule has 1 saturated heterocycles. The molecule has 0 aromatic heterocycles. The maximum Gasteiger partial charge on any atom is 0.232 e. The van der Waals surface area contributed by atoms with Crippen molar-refractivity contribution in [1.29, 1.82) is 0 Å². The fourth-order valence-electron chi connectivity index (χ4n) is 1.85. The van der Waals surface area contributed by atoms with Gasteiger partial charge in [0.25, 0.3) is 0 Å². The van der Waals surface area contributed by atoms with Crippen LogP contribution in [0, 0.1) is 0 Å². The Labute approximate surface area is 118 Å². The number of morpholine rings is 1. The van der Waals surface area contributed by atoms with Crippen molar-refractivity contribution in [1.82, 2.24) is 0 Å². The second kappa shape index (κ2) is 5.98. The van der Waals surface area contributed by atoms with Gasteiger partial charge in [-0.15, -0.1) is 0 Å². The Balaban J connectivity index is 2.24. The number of nitrogens with zero attached hydrogens (tertiary/aromatic N) is 1. The van der Waals surface area contributed by atoms with Crippen LogP contribution in [0.15, 0.2) is 18.2 Å². The highest BCUT2D eigenvalue weighted by atomic mass is 35.5. The van der Waals surface area contributed by atoms with Crippen LogP contribution < -0.4 is 9.62 Å². The molecular weight excluding hydrogens is 288 g/mol. The molecule has 0 amide bonds. The van der Waals surface area contributed by atoms with Crippen molar-refractivity contribution in [3.8, 4) is 0 Å². The normalized spacial score (nSPS) is 16.4. The Morgan fingerprint density at radius 1 is 1.37 bits per heavy atom. The highest BCUT2D eigenvalue weighted by Gasteiger charge is 2.15. The van der Waals surface area contributed by atoms with Crippen LogP contribution in [0.5, 0.6) is 0 Å². The van der Waals surface area contributed by atoms with Crippen molar-refractivity contribution in [3.05, 3.63) is 23.2 Å². The first kappa shape index (κ1) is 14.4. The minimum atomic E-state index is -3.32. The second-order valence-electron chi connectivity index (χ2n) is 4.27. The molecule has 1 heterocycles. The zero-order chi connectivity index (χ0) is 13.9. The van der Waals surface area contributed by atoms with Gasteiger partial charge in [0.15, 0.2) is 0 Å². The molecule has 2 rings (SSSR count). The van der Waals surface area contributed by atoms with Crippen molar-refractivity contribution in [2.75, 3.05) is 41.7 Å². The third-order valence-electron chi connectivity index (χ3n) is 2.97. The monoisotopic (exact) mass is 304 g/mol. The van der Waals surface area contributed by atoms with E-state index in [1.807, 2.05) is 6.07 Å². The molecule has 1 N–H and O–H groups in total. The molecule has 0 atom stereocenters. The molecule has 0 saturated carbocycles. The number of ether oxygens (including phenoxy) is 1. The fraction of sp³-hybridized carbons (Fsp3) is 0.500. The first-order chi connectivity index (χ1) is 9.02. The Hall–Kier alpha value is -0.980. The number of rotatable bonds is 4. The SMILES string of the molecule is CCS(=O)(=O)Nc1cc(N2CCOCC2)ccc1Cl. The van der Waals surface area contributed by atoms with Gasteiger partial charge in [0.1, 0.15) is 0 Å². The number of benzene rings is 1. The molecule has 1 aliphatic heterocycles. The maximum absolute atomic E-state index is 11.6. The van der Waals surface area contributed by atoms with E-state index in [4.69, 9.17) is 16.3 Å². The van der Waals surface area contributed by atoms with Crippen molar-refractivity contribution >= 4 is 33.0 Å². The van der Waals surface area contributed by atoms with Crippen LogP contribution in [0.25, 0.3) is 0 Å². The smallest absolute Gasteiger partial charge is 0.232 e. The van der Waals surface area contributed by atoms with Gasteiger partial charge in [-0.2, -0.15) is 0 Å². The van der Waals surface area contributed by atoms with Gasteiger partial charge in [-0.1, -0.05) is 11.6 Å². The Morgan fingerprint density at radius 2 is 2.05 bits per heavy atom. The van der Waals surface area contributed by atoms with Crippen LogP contribution >= 0.6 is 11.6 Å². The summed E-state index contributed by atoms with van der Waals surface area (Å²) in [4.78, 5) is 2.14. The van der Waals surface area contributed by atoms with Crippen LogP contribution in [0.1, 0.15) is 6.92 Å². The molecule has 19 heavy (non-hydrogen) atoms. The summed E-state index contributed by atoms with van der Waals surface area (Å²) in [7, 11) is -3.32. The van der Waals surface area contributed by atoms with Gasteiger partial charge in [0.2, 0.25) is 10.0 Å². The highest BCUT2D eigenvalue weighted by molar-refractivity contribution is 7.92. The summed E-state index contributed by atoms with van der Waals surface area (Å²) in [5.41, 5.74) is 1.37. The maximum atomic E-state index is 11.6. The Morgan fingerprint density at radius 3 is 2.68 bits per heavy atom. The predicted octanol–water partition coefficient (Wildman–Crippen LogP) is 1.94. The topological polar surface area (TPSA) is 58.6 Å². The third kappa shape index (κ3) is 3.75. The van der Waals surface area contributed by atoms with Crippen LogP contribution in [0.4, 0.5) is 11.4 Å². The van der Waals surface area contributed by atoms with Crippen molar-refractivity contribution < 1.29 is 13.2 Å². The molecule has 1 fully saturated rings. The molecule has 5 nitrogen and oxygen atoms in total. The van der Waals surface area contributed by atoms with E-state index in [2.05, 4.69) is 9.62 Å². The summed E-state index contributed by atoms with van der Waals surface area (Å²) in [6, 6.07) is 5.36. The lowest BCUT2D eigenvalue weighted by Crippen LogP contribution is -2.36. The van der Waals surface area contributed by atoms with Gasteiger partial charge in [-0.25, -0.2) is 8.42 Å². The summed E-state index contributed by atoms with van der Waals surface area (Å²) < 4.78 is 31.0. The molecule has 7 heteroatoms. The van der Waals surface area contributed by atoms with E-state index in [1.54, 1.807) is 19.1 Å². The van der Waals surface area contributed by atoms with Crippen molar-refractivity contribution in [2.24, 2.45) is 0 Å². The summed E-state index contributed by atoms with van der Waals surface area (Å²) in [5, 5.41) is 0.397. The van der Waals surface area contributed by atoms with Crippen LogP contribution in [0.2, 0.25) is 5.02 Å². The van der Waals surface area contributed by atoms with E-state index in [9.17, 15) is 8.42 Å². The molecule has 0 radical (unpaired) electrons. The number of hydrogen-bond acceptors (Lipinski definition) is 4. The lowest BCUT2D eigenvalue weighted by Gasteiger charge is -2.29. The van der Waals surface area contributed by atoms with E-state index in [0.717, 1.165) is 18.8 Å². The van der Waals surface area contributed by atoms with Crippen molar-refractivity contribution in [3.63, 3.8) is 0 Å². The van der Waals surface area contributed by atoms with Gasteiger partial charge >= 0.3 is 0 Å². The Kier molecular flexibility index (Phi) is 4.54. The van der Waals surface area contributed by atoms with Gasteiger partial charge in [0.05, 0.1) is 29.7 Å². The summed E-state index contributed by atoms with van der Waals surface area (Å²) >= 11 is 6.03. The largest absolute Gasteiger partial charge is 0.378 e. The minimum absolute atomic E-state index is 0.0190. The lowest BCUT2D eigenvalue weighted by molar-refractivity contribution is 0.122. The van der Waals surface area contributed by atoms with Gasteiger partial charge in [-0.05, 0) is 25.1 Å². The first-order valence-electron chi connectivity index (χ1n) is 6.14. The third-order valence-corrected chi connectivity index (χ3v) is 4.59. The molecule has 106 valence electrons. The second-order valence-corrected chi connectivity index (χ2v) is 6.69. The van der Waals surface area contributed by atoms with Crippen LogP contribution in [-0.4, -0.2) is 40.5 Å². The van der Waals surface area contributed by atoms with E-state index in [-0.39, 0.29) is 5.75 Å². The molecule has 0 bridgehead atoms. The number of sulfonamides is 1.